The fourth-order valence-electron chi connectivity index (χ4n) is 2.06. The third kappa shape index (κ3) is 5.34. The van der Waals surface area contributed by atoms with Crippen LogP contribution < -0.4 is 14.6 Å². The normalized spacial score (nSPS) is 11.3. The van der Waals surface area contributed by atoms with Gasteiger partial charge in [-0.1, -0.05) is 6.07 Å². The van der Waals surface area contributed by atoms with Crippen LogP contribution in [0.2, 0.25) is 0 Å². The standard InChI is InChI=1S/C16H14F3NO6S/c1-24-14-6-9(2-5-13(14)26-16(18)19)8-25-15(21)11-7-10(27(20,22)23)3-4-12(11)17/h2-7,16H,8H2,1H3,(H2,20,22,23). The lowest BCUT2D eigenvalue weighted by atomic mass is 10.2. The minimum Gasteiger partial charge on any atom is -0.493 e. The molecule has 0 amide bonds. The second-order valence-corrected chi connectivity index (χ2v) is 6.69. The molecule has 11 heteroatoms. The summed E-state index contributed by atoms with van der Waals surface area (Å²) in [6.07, 6.45) is 0. The van der Waals surface area contributed by atoms with Crippen molar-refractivity contribution in [2.24, 2.45) is 5.14 Å². The van der Waals surface area contributed by atoms with Crippen molar-refractivity contribution in [2.45, 2.75) is 18.1 Å². The second-order valence-electron chi connectivity index (χ2n) is 5.13. The Balaban J connectivity index is 2.16. The topological polar surface area (TPSA) is 105 Å². The Bertz CT molecular complexity index is 949. The van der Waals surface area contributed by atoms with E-state index in [1.165, 1.54) is 25.3 Å². The van der Waals surface area contributed by atoms with Gasteiger partial charge in [0, 0.05) is 0 Å². The first-order chi connectivity index (χ1) is 12.6. The van der Waals surface area contributed by atoms with E-state index < -0.39 is 38.9 Å². The number of alkyl halides is 2. The molecule has 0 atom stereocenters. The van der Waals surface area contributed by atoms with Crippen LogP contribution in [0.1, 0.15) is 15.9 Å². The molecule has 0 aliphatic carbocycles. The molecule has 146 valence electrons. The number of hydrogen-bond acceptors (Lipinski definition) is 6. The molecule has 2 aromatic carbocycles. The largest absolute Gasteiger partial charge is 0.493 e. The van der Waals surface area contributed by atoms with Crippen LogP contribution in [0.3, 0.4) is 0 Å². The minimum absolute atomic E-state index is 0.0220. The Morgan fingerprint density at radius 2 is 1.85 bits per heavy atom. The van der Waals surface area contributed by atoms with Crippen LogP contribution in [-0.2, 0) is 21.4 Å². The first-order valence-corrected chi connectivity index (χ1v) is 8.77. The van der Waals surface area contributed by atoms with E-state index in [9.17, 15) is 26.4 Å². The molecule has 0 fully saturated rings. The fourth-order valence-corrected chi connectivity index (χ4v) is 2.60. The monoisotopic (exact) mass is 405 g/mol. The fraction of sp³-hybridized carbons (Fsp3) is 0.188. The van der Waals surface area contributed by atoms with E-state index in [4.69, 9.17) is 14.6 Å². The second kappa shape index (κ2) is 8.27. The van der Waals surface area contributed by atoms with Gasteiger partial charge in [-0.15, -0.1) is 0 Å². The van der Waals surface area contributed by atoms with E-state index in [1.807, 2.05) is 0 Å². The van der Waals surface area contributed by atoms with Crippen molar-refractivity contribution in [3.8, 4) is 11.5 Å². The highest BCUT2D eigenvalue weighted by atomic mass is 32.2. The van der Waals surface area contributed by atoms with Crippen LogP contribution in [0.5, 0.6) is 11.5 Å². The van der Waals surface area contributed by atoms with Crippen molar-refractivity contribution in [1.82, 2.24) is 0 Å². The van der Waals surface area contributed by atoms with E-state index in [2.05, 4.69) is 4.74 Å². The molecule has 27 heavy (non-hydrogen) atoms. The molecule has 7 nitrogen and oxygen atoms in total. The molecule has 0 spiro atoms. The Hall–Kier alpha value is -2.79. The summed E-state index contributed by atoms with van der Waals surface area (Å²) >= 11 is 0. The molecular weight excluding hydrogens is 391 g/mol. The van der Waals surface area contributed by atoms with E-state index in [1.54, 1.807) is 0 Å². The smallest absolute Gasteiger partial charge is 0.387 e. The zero-order valence-electron chi connectivity index (χ0n) is 13.8. The van der Waals surface area contributed by atoms with Gasteiger partial charge in [-0.25, -0.2) is 22.7 Å². The minimum atomic E-state index is -4.13. The average Bonchev–Trinajstić information content (AvgIpc) is 2.59. The van der Waals surface area contributed by atoms with E-state index in [0.29, 0.717) is 5.56 Å². The third-order valence-corrected chi connectivity index (χ3v) is 4.21. The maximum absolute atomic E-state index is 13.8. The number of carbonyl (C=O) groups excluding carboxylic acids is 1. The van der Waals surface area contributed by atoms with E-state index in [0.717, 1.165) is 18.2 Å². The average molecular weight is 405 g/mol. The van der Waals surface area contributed by atoms with Crippen molar-refractivity contribution >= 4 is 16.0 Å². The predicted molar refractivity (Wildman–Crippen MR) is 86.5 cm³/mol. The van der Waals surface area contributed by atoms with Crippen molar-refractivity contribution in [1.29, 1.82) is 0 Å². The molecular formula is C16H14F3NO6S. The summed E-state index contributed by atoms with van der Waals surface area (Å²) in [5.74, 6) is -2.36. The van der Waals surface area contributed by atoms with Crippen LogP contribution in [0, 0.1) is 5.82 Å². The number of esters is 1. The Morgan fingerprint density at radius 3 is 2.44 bits per heavy atom. The van der Waals surface area contributed by atoms with Crippen LogP contribution in [0.4, 0.5) is 13.2 Å². The van der Waals surface area contributed by atoms with Gasteiger partial charge in [-0.3, -0.25) is 0 Å². The highest BCUT2D eigenvalue weighted by molar-refractivity contribution is 7.89. The zero-order valence-corrected chi connectivity index (χ0v) is 14.6. The number of nitrogens with two attached hydrogens (primary N) is 1. The zero-order chi connectivity index (χ0) is 20.2. The molecule has 0 bridgehead atoms. The van der Waals surface area contributed by atoms with E-state index in [-0.39, 0.29) is 18.1 Å². The summed E-state index contributed by atoms with van der Waals surface area (Å²) < 4.78 is 75.1. The van der Waals surface area contributed by atoms with Crippen molar-refractivity contribution in [3.05, 3.63) is 53.3 Å². The van der Waals surface area contributed by atoms with Gasteiger partial charge in [-0.05, 0) is 35.9 Å². The summed E-state index contributed by atoms with van der Waals surface area (Å²) in [5, 5.41) is 4.94. The SMILES string of the molecule is COc1cc(COC(=O)c2cc(S(N)(=O)=O)ccc2F)ccc1OC(F)F. The molecule has 0 saturated carbocycles. The number of ether oxygens (including phenoxy) is 3. The number of methoxy groups -OCH3 is 1. The van der Waals surface area contributed by atoms with Crippen molar-refractivity contribution < 1.29 is 40.6 Å². The van der Waals surface area contributed by atoms with Crippen LogP contribution >= 0.6 is 0 Å². The molecule has 0 heterocycles. The molecule has 0 radical (unpaired) electrons. The lowest BCUT2D eigenvalue weighted by Crippen LogP contribution is -2.14. The number of halogens is 3. The van der Waals surface area contributed by atoms with Gasteiger partial charge in [0.05, 0.1) is 17.6 Å². The number of rotatable bonds is 7. The molecule has 0 aliphatic heterocycles. The molecule has 2 aromatic rings. The molecule has 0 aliphatic rings. The Labute approximate surface area is 152 Å². The highest BCUT2D eigenvalue weighted by Crippen LogP contribution is 2.29. The molecule has 0 saturated heterocycles. The summed E-state index contributed by atoms with van der Waals surface area (Å²) in [4.78, 5) is 11.6. The summed E-state index contributed by atoms with van der Waals surface area (Å²) in [6.45, 7) is -3.40. The lowest BCUT2D eigenvalue weighted by molar-refractivity contribution is -0.0512. The van der Waals surface area contributed by atoms with Gasteiger partial charge in [0.25, 0.3) is 0 Å². The maximum atomic E-state index is 13.8. The quantitative estimate of drug-likeness (QED) is 0.710. The Kier molecular flexibility index (Phi) is 6.28. The number of carbonyl (C=O) groups is 1. The van der Waals surface area contributed by atoms with Crippen molar-refractivity contribution in [3.63, 3.8) is 0 Å². The van der Waals surface area contributed by atoms with Gasteiger partial charge in [-0.2, -0.15) is 8.78 Å². The number of sulfonamides is 1. The first kappa shape index (κ1) is 20.5. The Morgan fingerprint density at radius 1 is 1.15 bits per heavy atom. The van der Waals surface area contributed by atoms with Crippen LogP contribution in [-0.4, -0.2) is 28.1 Å². The predicted octanol–water partition coefficient (Wildman–Crippen LogP) is 2.44. The van der Waals surface area contributed by atoms with Gasteiger partial charge >= 0.3 is 12.6 Å². The highest BCUT2D eigenvalue weighted by Gasteiger charge is 2.18. The van der Waals surface area contributed by atoms with Crippen molar-refractivity contribution in [2.75, 3.05) is 7.11 Å². The molecule has 2 N–H and O–H groups in total. The summed E-state index contributed by atoms with van der Waals surface area (Å²) in [7, 11) is -2.90. The molecule has 0 unspecified atom stereocenters. The third-order valence-electron chi connectivity index (χ3n) is 3.30. The summed E-state index contributed by atoms with van der Waals surface area (Å²) in [5.41, 5.74) is -0.282. The number of hydrogen-bond donors (Lipinski definition) is 1. The first-order valence-electron chi connectivity index (χ1n) is 7.23. The van der Waals surface area contributed by atoms with Crippen LogP contribution in [0.15, 0.2) is 41.3 Å². The van der Waals surface area contributed by atoms with Gasteiger partial charge < -0.3 is 14.2 Å². The van der Waals surface area contributed by atoms with Gasteiger partial charge in [0.1, 0.15) is 12.4 Å². The lowest BCUT2D eigenvalue weighted by Gasteiger charge is -2.12. The van der Waals surface area contributed by atoms with Gasteiger partial charge in [0.2, 0.25) is 10.0 Å². The van der Waals surface area contributed by atoms with E-state index >= 15 is 0 Å². The number of benzene rings is 2. The molecule has 2 rings (SSSR count). The van der Waals surface area contributed by atoms with Gasteiger partial charge in [0.15, 0.2) is 11.5 Å². The summed E-state index contributed by atoms with van der Waals surface area (Å²) in [6, 6.07) is 6.26. The molecule has 0 aromatic heterocycles. The number of primary sulfonamides is 1. The maximum Gasteiger partial charge on any atom is 0.387 e. The van der Waals surface area contributed by atoms with Crippen LogP contribution in [0.25, 0.3) is 0 Å².